The molecular weight excluding hydrogens is 460 g/mol. The molecule has 2 aliphatic rings. The summed E-state index contributed by atoms with van der Waals surface area (Å²) in [6.45, 7) is 1.77. The quantitative estimate of drug-likeness (QED) is 0.401. The highest BCUT2D eigenvalue weighted by molar-refractivity contribution is 5.80. The zero-order valence-corrected chi connectivity index (χ0v) is 20.1. The van der Waals surface area contributed by atoms with Gasteiger partial charge in [0.25, 0.3) is 5.56 Å². The van der Waals surface area contributed by atoms with E-state index in [1.165, 1.54) is 12.8 Å². The second kappa shape index (κ2) is 9.62. The average Bonchev–Trinajstić information content (AvgIpc) is 3.65. The van der Waals surface area contributed by atoms with Gasteiger partial charge in [0.2, 0.25) is 6.79 Å². The Balaban J connectivity index is 1.31. The summed E-state index contributed by atoms with van der Waals surface area (Å²) in [4.78, 5) is 18.2. The van der Waals surface area contributed by atoms with Crippen molar-refractivity contribution in [2.45, 2.75) is 51.4 Å². The first-order valence-corrected chi connectivity index (χ1v) is 12.2. The Morgan fingerprint density at radius 1 is 1.06 bits per heavy atom. The molecule has 1 aliphatic carbocycles. The van der Waals surface area contributed by atoms with Crippen LogP contribution < -0.4 is 19.8 Å². The topological polar surface area (TPSA) is 107 Å². The minimum absolute atomic E-state index is 0.123. The molecule has 6 rings (SSSR count). The van der Waals surface area contributed by atoms with E-state index in [1.54, 1.807) is 7.11 Å². The van der Waals surface area contributed by atoms with Crippen molar-refractivity contribution in [3.8, 4) is 17.2 Å². The summed E-state index contributed by atoms with van der Waals surface area (Å²) in [6, 6.07) is 13.9. The molecule has 2 aromatic heterocycles. The number of methoxy groups -OCH3 is 1. The molecule has 1 saturated carbocycles. The SMILES string of the molecule is COc1ccc2cc(CN(Cc3ccc4c(c3)OCO4)Cc3nnnn3C3CCCC3)c(=O)[nH]c2c1. The first-order chi connectivity index (χ1) is 17.7. The van der Waals surface area contributed by atoms with Crippen molar-refractivity contribution in [1.82, 2.24) is 30.1 Å². The Kier molecular flexibility index (Phi) is 6.02. The van der Waals surface area contributed by atoms with Crippen molar-refractivity contribution in [2.75, 3.05) is 13.9 Å². The van der Waals surface area contributed by atoms with Gasteiger partial charge in [-0.05, 0) is 64.5 Å². The van der Waals surface area contributed by atoms with Crippen molar-refractivity contribution in [3.63, 3.8) is 0 Å². The van der Waals surface area contributed by atoms with Gasteiger partial charge in [0.05, 0.1) is 25.2 Å². The van der Waals surface area contributed by atoms with Crippen LogP contribution in [0.25, 0.3) is 10.9 Å². The van der Waals surface area contributed by atoms with E-state index in [1.807, 2.05) is 47.1 Å². The van der Waals surface area contributed by atoms with Gasteiger partial charge < -0.3 is 19.2 Å². The van der Waals surface area contributed by atoms with Gasteiger partial charge in [-0.2, -0.15) is 0 Å². The Morgan fingerprint density at radius 3 is 2.78 bits per heavy atom. The molecule has 0 unspecified atom stereocenters. The summed E-state index contributed by atoms with van der Waals surface area (Å²) in [5, 5.41) is 13.6. The average molecular weight is 489 g/mol. The van der Waals surface area contributed by atoms with Crippen LogP contribution in [0.1, 0.15) is 48.7 Å². The van der Waals surface area contributed by atoms with Crippen LogP contribution >= 0.6 is 0 Å². The van der Waals surface area contributed by atoms with E-state index in [0.717, 1.165) is 46.6 Å². The number of nitrogens with zero attached hydrogens (tertiary/aromatic N) is 5. The number of hydrogen-bond acceptors (Lipinski definition) is 8. The van der Waals surface area contributed by atoms with Crippen LogP contribution in [-0.2, 0) is 19.6 Å². The highest BCUT2D eigenvalue weighted by atomic mass is 16.7. The second-order valence-electron chi connectivity index (χ2n) is 9.39. The molecule has 186 valence electrons. The molecule has 10 nitrogen and oxygen atoms in total. The van der Waals surface area contributed by atoms with Gasteiger partial charge in [-0.1, -0.05) is 18.9 Å². The van der Waals surface area contributed by atoms with Crippen LogP contribution in [0.3, 0.4) is 0 Å². The molecular formula is C26H28N6O4. The monoisotopic (exact) mass is 488 g/mol. The fourth-order valence-corrected chi connectivity index (χ4v) is 5.12. The lowest BCUT2D eigenvalue weighted by atomic mass is 10.1. The standard InChI is InChI=1S/C26H28N6O4/c1-34-21-8-7-18-11-19(26(33)27-22(18)12-21)14-31(13-17-6-9-23-24(10-17)36-16-35-23)15-25-28-29-30-32(25)20-4-2-3-5-20/h6-12,20H,2-5,13-16H2,1H3,(H,27,33). The number of tetrazole rings is 1. The number of rotatable bonds is 8. The number of nitrogens with one attached hydrogen (secondary N) is 1. The summed E-state index contributed by atoms with van der Waals surface area (Å²) < 4.78 is 18.3. The molecule has 0 atom stereocenters. The third kappa shape index (κ3) is 4.51. The number of pyridine rings is 1. The molecule has 2 aromatic carbocycles. The molecule has 0 spiro atoms. The van der Waals surface area contributed by atoms with Gasteiger partial charge in [-0.3, -0.25) is 9.69 Å². The molecule has 36 heavy (non-hydrogen) atoms. The van der Waals surface area contributed by atoms with Gasteiger partial charge in [-0.15, -0.1) is 5.10 Å². The predicted molar refractivity (Wildman–Crippen MR) is 132 cm³/mol. The number of H-pyrrole nitrogens is 1. The number of benzene rings is 2. The van der Waals surface area contributed by atoms with Crippen LogP contribution in [0.4, 0.5) is 0 Å². The summed E-state index contributed by atoms with van der Waals surface area (Å²) in [7, 11) is 1.61. The lowest BCUT2D eigenvalue weighted by Crippen LogP contribution is -2.28. The Morgan fingerprint density at radius 2 is 1.92 bits per heavy atom. The minimum Gasteiger partial charge on any atom is -0.497 e. The van der Waals surface area contributed by atoms with E-state index >= 15 is 0 Å². The fourth-order valence-electron chi connectivity index (χ4n) is 5.12. The van der Waals surface area contributed by atoms with Gasteiger partial charge in [-0.25, -0.2) is 4.68 Å². The Bertz CT molecular complexity index is 1440. The van der Waals surface area contributed by atoms with E-state index in [-0.39, 0.29) is 12.4 Å². The highest BCUT2D eigenvalue weighted by Gasteiger charge is 2.23. The van der Waals surface area contributed by atoms with Crippen molar-refractivity contribution < 1.29 is 14.2 Å². The van der Waals surface area contributed by atoms with Crippen molar-refractivity contribution in [1.29, 1.82) is 0 Å². The summed E-state index contributed by atoms with van der Waals surface area (Å²) in [5.74, 6) is 3.00. The van der Waals surface area contributed by atoms with Gasteiger partial charge in [0.15, 0.2) is 17.3 Å². The number of hydrogen-bond donors (Lipinski definition) is 1. The number of aromatic nitrogens is 5. The van der Waals surface area contributed by atoms with Crippen LogP contribution in [0.5, 0.6) is 17.2 Å². The zero-order chi connectivity index (χ0) is 24.5. The van der Waals surface area contributed by atoms with Crippen molar-refractivity contribution in [2.24, 2.45) is 0 Å². The largest absolute Gasteiger partial charge is 0.497 e. The molecule has 1 N–H and O–H groups in total. The Hall–Kier alpha value is -3.92. The van der Waals surface area contributed by atoms with E-state index in [2.05, 4.69) is 25.4 Å². The highest BCUT2D eigenvalue weighted by Crippen LogP contribution is 2.33. The predicted octanol–water partition coefficient (Wildman–Crippen LogP) is 3.57. The molecule has 0 radical (unpaired) electrons. The lowest BCUT2D eigenvalue weighted by Gasteiger charge is -2.23. The second-order valence-corrected chi connectivity index (χ2v) is 9.39. The van der Waals surface area contributed by atoms with Crippen molar-refractivity contribution >= 4 is 10.9 Å². The summed E-state index contributed by atoms with van der Waals surface area (Å²) in [6.07, 6.45) is 4.58. The molecule has 1 fully saturated rings. The van der Waals surface area contributed by atoms with Gasteiger partial charge in [0.1, 0.15) is 5.75 Å². The van der Waals surface area contributed by atoms with E-state index in [4.69, 9.17) is 14.2 Å². The summed E-state index contributed by atoms with van der Waals surface area (Å²) >= 11 is 0. The molecule has 10 heteroatoms. The van der Waals surface area contributed by atoms with Crippen LogP contribution in [-0.4, -0.2) is 44.0 Å². The van der Waals surface area contributed by atoms with Crippen LogP contribution in [0.2, 0.25) is 0 Å². The number of aromatic amines is 1. The first-order valence-electron chi connectivity index (χ1n) is 12.2. The van der Waals surface area contributed by atoms with Crippen LogP contribution in [0.15, 0.2) is 47.3 Å². The zero-order valence-electron chi connectivity index (χ0n) is 20.1. The maximum Gasteiger partial charge on any atom is 0.252 e. The molecule has 0 bridgehead atoms. The molecule has 0 amide bonds. The molecule has 4 aromatic rings. The maximum absolute atomic E-state index is 13.0. The lowest BCUT2D eigenvalue weighted by molar-refractivity contribution is 0.174. The van der Waals surface area contributed by atoms with Crippen molar-refractivity contribution in [3.05, 3.63) is 69.8 Å². The molecule has 1 aliphatic heterocycles. The third-order valence-electron chi connectivity index (χ3n) is 6.96. The third-order valence-corrected chi connectivity index (χ3v) is 6.96. The van der Waals surface area contributed by atoms with Crippen LogP contribution in [0, 0.1) is 0 Å². The summed E-state index contributed by atoms with van der Waals surface area (Å²) in [5.41, 5.74) is 2.35. The van der Waals surface area contributed by atoms with E-state index < -0.39 is 0 Å². The number of fused-ring (bicyclic) bond motifs is 2. The maximum atomic E-state index is 13.0. The first kappa shape index (κ1) is 22.5. The molecule has 0 saturated heterocycles. The smallest absolute Gasteiger partial charge is 0.252 e. The van der Waals surface area contributed by atoms with Gasteiger partial charge >= 0.3 is 0 Å². The minimum atomic E-state index is -0.123. The molecule has 3 heterocycles. The normalized spacial score (nSPS) is 15.3. The number of ether oxygens (including phenoxy) is 3. The Labute approximate surface area is 207 Å². The van der Waals surface area contributed by atoms with E-state index in [0.29, 0.717) is 37.0 Å². The fraction of sp³-hybridized carbons (Fsp3) is 0.385. The van der Waals surface area contributed by atoms with Gasteiger partial charge in [0, 0.05) is 24.7 Å². The van der Waals surface area contributed by atoms with E-state index in [9.17, 15) is 4.79 Å².